The number of aromatic nitrogens is 1. The van der Waals surface area contributed by atoms with E-state index in [2.05, 4.69) is 11.6 Å². The molecule has 1 aromatic rings. The Hall–Kier alpha value is -1.51. The fourth-order valence-corrected chi connectivity index (χ4v) is 1.26. The number of hydrogen-bond acceptors (Lipinski definition) is 2. The van der Waals surface area contributed by atoms with E-state index in [-0.39, 0.29) is 5.97 Å². The maximum atomic E-state index is 11.4. The van der Waals surface area contributed by atoms with Gasteiger partial charge in [0.1, 0.15) is 0 Å². The van der Waals surface area contributed by atoms with Gasteiger partial charge in [-0.1, -0.05) is 6.08 Å². The van der Waals surface area contributed by atoms with Crippen molar-refractivity contribution in [2.45, 2.75) is 19.8 Å². The standard InChI is InChI=1S/C11H15NO2/c1-3-5-6-10-9(7-8-12-10)11(13)14-4-2/h3,7-8,12H,1,4-6H2,2H3. The Bertz CT molecular complexity index is 315. The number of hydrogen-bond donors (Lipinski definition) is 1. The minimum absolute atomic E-state index is 0.257. The molecule has 1 N–H and O–H groups in total. The van der Waals surface area contributed by atoms with Gasteiger partial charge in [-0.3, -0.25) is 0 Å². The van der Waals surface area contributed by atoms with Crippen LogP contribution in [0.3, 0.4) is 0 Å². The van der Waals surface area contributed by atoms with Gasteiger partial charge in [0.25, 0.3) is 0 Å². The van der Waals surface area contributed by atoms with Gasteiger partial charge in [-0.2, -0.15) is 0 Å². The van der Waals surface area contributed by atoms with Crippen molar-refractivity contribution < 1.29 is 9.53 Å². The van der Waals surface area contributed by atoms with Gasteiger partial charge >= 0.3 is 5.97 Å². The second-order valence-corrected chi connectivity index (χ2v) is 2.92. The van der Waals surface area contributed by atoms with Crippen molar-refractivity contribution in [2.24, 2.45) is 0 Å². The van der Waals surface area contributed by atoms with E-state index in [0.717, 1.165) is 18.5 Å². The molecule has 0 bridgehead atoms. The third-order valence-corrected chi connectivity index (χ3v) is 1.93. The molecule has 0 radical (unpaired) electrons. The largest absolute Gasteiger partial charge is 0.462 e. The van der Waals surface area contributed by atoms with Crippen LogP contribution in [-0.4, -0.2) is 17.6 Å². The van der Waals surface area contributed by atoms with Gasteiger partial charge in [0, 0.05) is 11.9 Å². The third-order valence-electron chi connectivity index (χ3n) is 1.93. The molecule has 3 nitrogen and oxygen atoms in total. The number of allylic oxidation sites excluding steroid dienone is 1. The van der Waals surface area contributed by atoms with Crippen LogP contribution in [0.2, 0.25) is 0 Å². The lowest BCUT2D eigenvalue weighted by molar-refractivity contribution is 0.0525. The lowest BCUT2D eigenvalue weighted by Crippen LogP contribution is -2.06. The van der Waals surface area contributed by atoms with E-state index in [4.69, 9.17) is 4.74 Å². The summed E-state index contributed by atoms with van der Waals surface area (Å²) in [6, 6.07) is 1.75. The Labute approximate surface area is 83.8 Å². The highest BCUT2D eigenvalue weighted by Crippen LogP contribution is 2.10. The zero-order valence-corrected chi connectivity index (χ0v) is 8.38. The van der Waals surface area contributed by atoms with Gasteiger partial charge in [0.15, 0.2) is 0 Å². The summed E-state index contributed by atoms with van der Waals surface area (Å²) < 4.78 is 4.92. The Balaban J connectivity index is 2.70. The molecular weight excluding hydrogens is 178 g/mol. The number of esters is 1. The first-order chi connectivity index (χ1) is 6.79. The zero-order chi connectivity index (χ0) is 10.4. The summed E-state index contributed by atoms with van der Waals surface area (Å²) in [5.74, 6) is -0.257. The number of aryl methyl sites for hydroxylation is 1. The molecule has 14 heavy (non-hydrogen) atoms. The van der Waals surface area contributed by atoms with Crippen LogP contribution in [-0.2, 0) is 11.2 Å². The van der Waals surface area contributed by atoms with Gasteiger partial charge in [0.05, 0.1) is 12.2 Å². The molecule has 1 aromatic heterocycles. The third kappa shape index (κ3) is 2.49. The molecule has 0 aliphatic rings. The SMILES string of the molecule is C=CCCc1[nH]ccc1C(=O)OCC. The van der Waals surface area contributed by atoms with Crippen LogP contribution >= 0.6 is 0 Å². The van der Waals surface area contributed by atoms with Crippen molar-refractivity contribution in [2.75, 3.05) is 6.61 Å². The lowest BCUT2D eigenvalue weighted by Gasteiger charge is -2.02. The number of rotatable bonds is 5. The van der Waals surface area contributed by atoms with E-state index in [1.807, 2.05) is 6.08 Å². The molecule has 0 aromatic carbocycles. The molecule has 3 heteroatoms. The zero-order valence-electron chi connectivity index (χ0n) is 8.38. The van der Waals surface area contributed by atoms with Crippen LogP contribution in [0.1, 0.15) is 29.4 Å². The van der Waals surface area contributed by atoms with Gasteiger partial charge < -0.3 is 9.72 Å². The topological polar surface area (TPSA) is 42.1 Å². The molecule has 0 unspecified atom stereocenters. The van der Waals surface area contributed by atoms with Gasteiger partial charge in [-0.25, -0.2) is 4.79 Å². The lowest BCUT2D eigenvalue weighted by atomic mass is 10.1. The maximum absolute atomic E-state index is 11.4. The van der Waals surface area contributed by atoms with Gasteiger partial charge in [-0.15, -0.1) is 6.58 Å². The Morgan fingerprint density at radius 2 is 2.50 bits per heavy atom. The molecule has 0 aliphatic carbocycles. The molecule has 0 amide bonds. The average Bonchev–Trinajstić information content (AvgIpc) is 2.63. The monoisotopic (exact) mass is 193 g/mol. The average molecular weight is 193 g/mol. The fourth-order valence-electron chi connectivity index (χ4n) is 1.26. The first kappa shape index (κ1) is 10.6. The maximum Gasteiger partial charge on any atom is 0.339 e. The van der Waals surface area contributed by atoms with Crippen molar-refractivity contribution in [3.63, 3.8) is 0 Å². The van der Waals surface area contributed by atoms with Gasteiger partial charge in [-0.05, 0) is 25.8 Å². The summed E-state index contributed by atoms with van der Waals surface area (Å²) >= 11 is 0. The molecule has 76 valence electrons. The van der Waals surface area contributed by atoms with Crippen LogP contribution < -0.4 is 0 Å². The number of nitrogens with one attached hydrogen (secondary N) is 1. The second-order valence-electron chi connectivity index (χ2n) is 2.92. The van der Waals surface area contributed by atoms with Crippen molar-refractivity contribution in [1.82, 2.24) is 4.98 Å². The highest BCUT2D eigenvalue weighted by molar-refractivity contribution is 5.90. The van der Waals surface area contributed by atoms with E-state index in [1.54, 1.807) is 19.2 Å². The van der Waals surface area contributed by atoms with E-state index in [9.17, 15) is 4.79 Å². The molecule has 0 saturated heterocycles. The highest BCUT2D eigenvalue weighted by Gasteiger charge is 2.12. The molecule has 1 heterocycles. The molecule has 0 spiro atoms. The molecule has 0 aliphatic heterocycles. The van der Waals surface area contributed by atoms with Crippen molar-refractivity contribution in [1.29, 1.82) is 0 Å². The minimum atomic E-state index is -0.257. The van der Waals surface area contributed by atoms with Crippen molar-refractivity contribution >= 4 is 5.97 Å². The quantitative estimate of drug-likeness (QED) is 0.576. The van der Waals surface area contributed by atoms with E-state index >= 15 is 0 Å². The van der Waals surface area contributed by atoms with Crippen molar-refractivity contribution in [3.05, 3.63) is 36.2 Å². The fraction of sp³-hybridized carbons (Fsp3) is 0.364. The predicted octanol–water partition coefficient (Wildman–Crippen LogP) is 2.31. The van der Waals surface area contributed by atoms with Crippen LogP contribution in [0.5, 0.6) is 0 Å². The summed E-state index contributed by atoms with van der Waals surface area (Å²) in [5, 5.41) is 0. The first-order valence-electron chi connectivity index (χ1n) is 4.73. The Morgan fingerprint density at radius 1 is 1.71 bits per heavy atom. The van der Waals surface area contributed by atoms with Crippen LogP contribution in [0, 0.1) is 0 Å². The van der Waals surface area contributed by atoms with E-state index in [1.165, 1.54) is 0 Å². The number of ether oxygens (including phenoxy) is 1. The van der Waals surface area contributed by atoms with Crippen LogP contribution in [0.15, 0.2) is 24.9 Å². The second kappa shape index (κ2) is 5.27. The predicted molar refractivity (Wildman–Crippen MR) is 55.3 cm³/mol. The normalized spacial score (nSPS) is 9.79. The number of H-pyrrole nitrogens is 1. The molecular formula is C11H15NO2. The Morgan fingerprint density at radius 3 is 3.14 bits per heavy atom. The summed E-state index contributed by atoms with van der Waals surface area (Å²) in [4.78, 5) is 14.5. The summed E-state index contributed by atoms with van der Waals surface area (Å²) in [7, 11) is 0. The Kier molecular flexibility index (Phi) is 3.98. The molecule has 0 fully saturated rings. The number of carbonyl (C=O) groups is 1. The summed E-state index contributed by atoms with van der Waals surface area (Å²) in [6.07, 6.45) is 5.23. The van der Waals surface area contributed by atoms with Crippen molar-refractivity contribution in [3.8, 4) is 0 Å². The smallest absolute Gasteiger partial charge is 0.339 e. The minimum Gasteiger partial charge on any atom is -0.462 e. The van der Waals surface area contributed by atoms with Crippen LogP contribution in [0.4, 0.5) is 0 Å². The molecule has 0 saturated carbocycles. The highest BCUT2D eigenvalue weighted by atomic mass is 16.5. The molecule has 0 atom stereocenters. The first-order valence-corrected chi connectivity index (χ1v) is 4.73. The number of carbonyl (C=O) groups excluding carboxylic acids is 1. The summed E-state index contributed by atoms with van der Waals surface area (Å²) in [5.41, 5.74) is 1.55. The van der Waals surface area contributed by atoms with Gasteiger partial charge in [0.2, 0.25) is 0 Å². The molecule has 1 rings (SSSR count). The summed E-state index contributed by atoms with van der Waals surface area (Å²) in [6.45, 7) is 5.85. The number of aromatic amines is 1. The van der Waals surface area contributed by atoms with E-state index < -0.39 is 0 Å². The van der Waals surface area contributed by atoms with Crippen LogP contribution in [0.25, 0.3) is 0 Å². The van der Waals surface area contributed by atoms with E-state index in [0.29, 0.717) is 12.2 Å².